The highest BCUT2D eigenvalue weighted by Crippen LogP contribution is 2.20. The van der Waals surface area contributed by atoms with E-state index in [9.17, 15) is 0 Å². The zero-order chi connectivity index (χ0) is 10.4. The molecule has 0 amide bonds. The first-order chi connectivity index (χ1) is 6.81. The zero-order valence-electron chi connectivity index (χ0n) is 9.39. The monoisotopic (exact) mass is 212 g/mol. The lowest BCUT2D eigenvalue weighted by atomic mass is 10.3. The third-order valence-electron chi connectivity index (χ3n) is 2.16. The Kier molecular flexibility index (Phi) is 5.12. The van der Waals surface area contributed by atoms with Gasteiger partial charge in [-0.05, 0) is 25.8 Å². The van der Waals surface area contributed by atoms with E-state index in [4.69, 9.17) is 0 Å². The quantitative estimate of drug-likeness (QED) is 0.784. The summed E-state index contributed by atoms with van der Waals surface area (Å²) in [6.45, 7) is 8.54. The molecule has 2 nitrogen and oxygen atoms in total. The standard InChI is InChI=1S/C11H20N2S/c1-4-7-11-13-9(5-2)10(14-11)8-12-6-3/h12H,4-8H2,1-3H3. The van der Waals surface area contributed by atoms with E-state index >= 15 is 0 Å². The van der Waals surface area contributed by atoms with Gasteiger partial charge in [0.1, 0.15) is 0 Å². The van der Waals surface area contributed by atoms with Crippen LogP contribution in [0.25, 0.3) is 0 Å². The summed E-state index contributed by atoms with van der Waals surface area (Å²) in [5.41, 5.74) is 1.29. The first-order valence-corrected chi connectivity index (χ1v) is 6.31. The van der Waals surface area contributed by atoms with Crippen molar-refractivity contribution in [3.05, 3.63) is 15.6 Å². The second kappa shape index (κ2) is 6.14. The van der Waals surface area contributed by atoms with E-state index < -0.39 is 0 Å². The zero-order valence-corrected chi connectivity index (χ0v) is 10.2. The molecule has 0 fully saturated rings. The molecule has 14 heavy (non-hydrogen) atoms. The molecule has 0 aliphatic heterocycles. The van der Waals surface area contributed by atoms with Crippen molar-refractivity contribution in [3.8, 4) is 0 Å². The Morgan fingerprint density at radius 3 is 2.64 bits per heavy atom. The maximum Gasteiger partial charge on any atom is 0.0931 e. The van der Waals surface area contributed by atoms with Gasteiger partial charge in [0.15, 0.2) is 0 Å². The van der Waals surface area contributed by atoms with E-state index in [0.717, 1.165) is 25.9 Å². The highest BCUT2D eigenvalue weighted by atomic mass is 32.1. The van der Waals surface area contributed by atoms with Crippen molar-refractivity contribution in [2.45, 2.75) is 46.6 Å². The molecule has 80 valence electrons. The Bertz CT molecular complexity index is 268. The van der Waals surface area contributed by atoms with Crippen LogP contribution in [0, 0.1) is 0 Å². The third-order valence-corrected chi connectivity index (χ3v) is 3.31. The van der Waals surface area contributed by atoms with Gasteiger partial charge in [-0.3, -0.25) is 0 Å². The van der Waals surface area contributed by atoms with Crippen LogP contribution >= 0.6 is 11.3 Å². The summed E-state index contributed by atoms with van der Waals surface area (Å²) in [5.74, 6) is 0. The molecule has 1 rings (SSSR count). The molecule has 0 aliphatic rings. The molecule has 0 unspecified atom stereocenters. The number of hydrogen-bond acceptors (Lipinski definition) is 3. The van der Waals surface area contributed by atoms with Gasteiger partial charge >= 0.3 is 0 Å². The van der Waals surface area contributed by atoms with E-state index in [0.29, 0.717) is 0 Å². The van der Waals surface area contributed by atoms with Crippen LogP contribution in [0.2, 0.25) is 0 Å². The molecule has 0 aromatic carbocycles. The number of hydrogen-bond donors (Lipinski definition) is 1. The molecule has 0 bridgehead atoms. The van der Waals surface area contributed by atoms with Crippen LogP contribution in [0.4, 0.5) is 0 Å². The second-order valence-corrected chi connectivity index (χ2v) is 4.53. The summed E-state index contributed by atoms with van der Waals surface area (Å²) >= 11 is 1.87. The van der Waals surface area contributed by atoms with Crippen molar-refractivity contribution in [2.75, 3.05) is 6.54 Å². The minimum atomic E-state index is 0.987. The first-order valence-electron chi connectivity index (χ1n) is 5.49. The van der Waals surface area contributed by atoms with Crippen molar-refractivity contribution in [2.24, 2.45) is 0 Å². The summed E-state index contributed by atoms with van der Waals surface area (Å²) in [6.07, 6.45) is 3.38. The Hall–Kier alpha value is -0.410. The summed E-state index contributed by atoms with van der Waals surface area (Å²) < 4.78 is 0. The number of aromatic nitrogens is 1. The van der Waals surface area contributed by atoms with Crippen LogP contribution in [0.3, 0.4) is 0 Å². The van der Waals surface area contributed by atoms with E-state index in [1.54, 1.807) is 0 Å². The molecule has 0 saturated heterocycles. The largest absolute Gasteiger partial charge is 0.312 e. The summed E-state index contributed by atoms with van der Waals surface area (Å²) in [7, 11) is 0. The van der Waals surface area contributed by atoms with E-state index in [2.05, 4.69) is 31.1 Å². The molecule has 3 heteroatoms. The van der Waals surface area contributed by atoms with Crippen molar-refractivity contribution < 1.29 is 0 Å². The minimum Gasteiger partial charge on any atom is -0.312 e. The first kappa shape index (κ1) is 11.7. The lowest BCUT2D eigenvalue weighted by Gasteiger charge is -1.99. The van der Waals surface area contributed by atoms with Gasteiger partial charge in [0, 0.05) is 11.4 Å². The minimum absolute atomic E-state index is 0.987. The number of thiazole rings is 1. The smallest absolute Gasteiger partial charge is 0.0931 e. The summed E-state index contributed by atoms with van der Waals surface area (Å²) in [6, 6.07) is 0. The fraction of sp³-hybridized carbons (Fsp3) is 0.727. The molecule has 0 saturated carbocycles. The average molecular weight is 212 g/mol. The van der Waals surface area contributed by atoms with E-state index in [-0.39, 0.29) is 0 Å². The molecule has 0 atom stereocenters. The topological polar surface area (TPSA) is 24.9 Å². The van der Waals surface area contributed by atoms with Crippen LogP contribution < -0.4 is 5.32 Å². The van der Waals surface area contributed by atoms with Crippen LogP contribution in [-0.4, -0.2) is 11.5 Å². The van der Waals surface area contributed by atoms with Gasteiger partial charge in [-0.25, -0.2) is 4.98 Å². The van der Waals surface area contributed by atoms with Crippen LogP contribution in [0.15, 0.2) is 0 Å². The van der Waals surface area contributed by atoms with Gasteiger partial charge in [-0.2, -0.15) is 0 Å². The number of nitrogens with zero attached hydrogens (tertiary/aromatic N) is 1. The fourth-order valence-corrected chi connectivity index (χ4v) is 2.64. The van der Waals surface area contributed by atoms with Gasteiger partial charge in [0.2, 0.25) is 0 Å². The molecule has 1 aromatic heterocycles. The molecular formula is C11H20N2S. The Morgan fingerprint density at radius 1 is 1.29 bits per heavy atom. The molecule has 1 aromatic rings. The molecular weight excluding hydrogens is 192 g/mol. The Labute approximate surface area is 90.8 Å². The molecule has 1 N–H and O–H groups in total. The number of nitrogens with one attached hydrogen (secondary N) is 1. The normalized spacial score (nSPS) is 10.8. The van der Waals surface area contributed by atoms with Crippen molar-refractivity contribution in [1.29, 1.82) is 0 Å². The molecule has 0 radical (unpaired) electrons. The SMILES string of the molecule is CCCc1nc(CC)c(CNCC)s1. The van der Waals surface area contributed by atoms with Crippen molar-refractivity contribution in [3.63, 3.8) is 0 Å². The predicted molar refractivity (Wildman–Crippen MR) is 62.9 cm³/mol. The van der Waals surface area contributed by atoms with Crippen molar-refractivity contribution >= 4 is 11.3 Å². The van der Waals surface area contributed by atoms with Gasteiger partial charge in [-0.1, -0.05) is 20.8 Å². The number of aryl methyl sites for hydroxylation is 2. The second-order valence-electron chi connectivity index (χ2n) is 3.36. The Morgan fingerprint density at radius 2 is 2.07 bits per heavy atom. The number of rotatable bonds is 6. The van der Waals surface area contributed by atoms with Gasteiger partial charge < -0.3 is 5.32 Å². The van der Waals surface area contributed by atoms with Crippen LogP contribution in [0.5, 0.6) is 0 Å². The highest BCUT2D eigenvalue weighted by molar-refractivity contribution is 7.11. The lowest BCUT2D eigenvalue weighted by molar-refractivity contribution is 0.727. The van der Waals surface area contributed by atoms with E-state index in [1.807, 2.05) is 11.3 Å². The summed E-state index contributed by atoms with van der Waals surface area (Å²) in [5, 5.41) is 4.67. The molecule has 0 aliphatic carbocycles. The fourth-order valence-electron chi connectivity index (χ4n) is 1.41. The maximum absolute atomic E-state index is 4.65. The van der Waals surface area contributed by atoms with Gasteiger partial charge in [0.05, 0.1) is 10.7 Å². The van der Waals surface area contributed by atoms with Crippen LogP contribution in [-0.2, 0) is 19.4 Å². The molecule has 0 spiro atoms. The lowest BCUT2D eigenvalue weighted by Crippen LogP contribution is -2.11. The highest BCUT2D eigenvalue weighted by Gasteiger charge is 2.07. The van der Waals surface area contributed by atoms with Crippen LogP contribution in [0.1, 0.15) is 42.8 Å². The van der Waals surface area contributed by atoms with E-state index in [1.165, 1.54) is 22.0 Å². The van der Waals surface area contributed by atoms with Crippen molar-refractivity contribution in [1.82, 2.24) is 10.3 Å². The summed E-state index contributed by atoms with van der Waals surface area (Å²) in [4.78, 5) is 6.08. The molecule has 1 heterocycles. The average Bonchev–Trinajstić information content (AvgIpc) is 2.58. The van der Waals surface area contributed by atoms with Gasteiger partial charge in [-0.15, -0.1) is 11.3 Å². The van der Waals surface area contributed by atoms with Gasteiger partial charge in [0.25, 0.3) is 0 Å². The third kappa shape index (κ3) is 3.07. The Balaban J connectivity index is 2.69. The maximum atomic E-state index is 4.65. The predicted octanol–water partition coefficient (Wildman–Crippen LogP) is 2.77.